The van der Waals surface area contributed by atoms with Crippen molar-refractivity contribution in [3.63, 3.8) is 0 Å². The van der Waals surface area contributed by atoms with Gasteiger partial charge in [-0.25, -0.2) is 8.42 Å². The Hall–Kier alpha value is -0.130. The summed E-state index contributed by atoms with van der Waals surface area (Å²) in [5, 5.41) is 10.9. The molecule has 0 amide bonds. The van der Waals surface area contributed by atoms with Gasteiger partial charge in [0.1, 0.15) is 0 Å². The van der Waals surface area contributed by atoms with Crippen LogP contribution in [-0.2, 0) is 10.0 Å². The molecule has 4 aliphatic rings. The first kappa shape index (κ1) is 20.2. The van der Waals surface area contributed by atoms with E-state index in [-0.39, 0.29) is 23.3 Å². The molecule has 4 nitrogen and oxygen atoms in total. The van der Waals surface area contributed by atoms with Gasteiger partial charge in [0.2, 0.25) is 10.0 Å². The molecule has 4 aliphatic carbocycles. The summed E-state index contributed by atoms with van der Waals surface area (Å²) in [4.78, 5) is 0. The second-order valence-corrected chi connectivity index (χ2v) is 12.4. The number of rotatable bonds is 5. The van der Waals surface area contributed by atoms with E-state index in [0.29, 0.717) is 5.92 Å². The molecular formula is C22H39NO3S. The Morgan fingerprint density at radius 2 is 1.41 bits per heavy atom. The molecule has 0 heterocycles. The van der Waals surface area contributed by atoms with E-state index in [2.05, 4.69) is 13.8 Å². The van der Waals surface area contributed by atoms with Crippen LogP contribution in [0.2, 0.25) is 0 Å². The van der Waals surface area contributed by atoms with Crippen molar-refractivity contribution in [3.8, 4) is 0 Å². The van der Waals surface area contributed by atoms with E-state index in [4.69, 9.17) is 0 Å². The van der Waals surface area contributed by atoms with Crippen LogP contribution in [0.15, 0.2) is 0 Å². The molecule has 4 fully saturated rings. The van der Waals surface area contributed by atoms with E-state index in [1.165, 1.54) is 12.8 Å². The summed E-state index contributed by atoms with van der Waals surface area (Å²) in [6.07, 6.45) is 13.5. The highest BCUT2D eigenvalue weighted by Crippen LogP contribution is 2.66. The molecule has 1 N–H and O–H groups in total. The number of aliphatic hydroxyl groups excluding tert-OH is 1. The summed E-state index contributed by atoms with van der Waals surface area (Å²) < 4.78 is 29.8. The largest absolute Gasteiger partial charge is 0.392 e. The second kappa shape index (κ2) is 7.28. The summed E-state index contributed by atoms with van der Waals surface area (Å²) >= 11 is 0. The SMILES string of the molecule is CC1(C)[C@@H]2CCC1(CS(=O)(=O)N(C1CCCCC1)C1CCCCC1)[C@H](O)C2. The Balaban J connectivity index is 1.64. The van der Waals surface area contributed by atoms with Gasteiger partial charge in [0, 0.05) is 17.5 Å². The normalized spacial score (nSPS) is 37.9. The molecule has 0 saturated heterocycles. The van der Waals surface area contributed by atoms with Gasteiger partial charge in [-0.05, 0) is 56.3 Å². The van der Waals surface area contributed by atoms with Gasteiger partial charge in [-0.15, -0.1) is 0 Å². The Labute approximate surface area is 166 Å². The minimum absolute atomic E-state index is 0.0791. The molecule has 4 rings (SSSR count). The Morgan fingerprint density at radius 1 is 0.889 bits per heavy atom. The standard InChI is InChI=1S/C22H39NO3S/c1-21(2)17-13-14-22(21,20(24)15-17)16-27(25,26)23(18-9-5-3-6-10-18)19-11-7-4-8-12-19/h17-20,24H,3-16H2,1-2H3/t17-,20-,22?/m1/s1. The maximum absolute atomic E-state index is 13.9. The van der Waals surface area contributed by atoms with Crippen molar-refractivity contribution >= 4 is 10.0 Å². The van der Waals surface area contributed by atoms with Crippen molar-refractivity contribution in [2.24, 2.45) is 16.7 Å². The van der Waals surface area contributed by atoms with Crippen LogP contribution in [0.5, 0.6) is 0 Å². The number of nitrogens with zero attached hydrogens (tertiary/aromatic N) is 1. The predicted molar refractivity (Wildman–Crippen MR) is 109 cm³/mol. The third kappa shape index (κ3) is 3.30. The van der Waals surface area contributed by atoms with Gasteiger partial charge in [0.15, 0.2) is 0 Å². The van der Waals surface area contributed by atoms with Crippen LogP contribution >= 0.6 is 0 Å². The molecule has 0 aliphatic heterocycles. The van der Waals surface area contributed by atoms with Crippen LogP contribution < -0.4 is 0 Å². The molecule has 156 valence electrons. The maximum atomic E-state index is 13.9. The third-order valence-corrected chi connectivity index (χ3v) is 11.1. The first-order valence-corrected chi connectivity index (χ1v) is 13.1. The van der Waals surface area contributed by atoms with Crippen molar-refractivity contribution in [1.29, 1.82) is 0 Å². The summed E-state index contributed by atoms with van der Waals surface area (Å²) in [6.45, 7) is 4.42. The number of hydrogen-bond acceptors (Lipinski definition) is 3. The lowest BCUT2D eigenvalue weighted by molar-refractivity contribution is 0.0136. The van der Waals surface area contributed by atoms with Gasteiger partial charge in [-0.1, -0.05) is 52.4 Å². The van der Waals surface area contributed by atoms with Crippen molar-refractivity contribution in [2.75, 3.05) is 5.75 Å². The fraction of sp³-hybridized carbons (Fsp3) is 1.00. The van der Waals surface area contributed by atoms with E-state index >= 15 is 0 Å². The van der Waals surface area contributed by atoms with E-state index in [1.54, 1.807) is 0 Å². The highest BCUT2D eigenvalue weighted by Gasteiger charge is 2.65. The van der Waals surface area contributed by atoms with E-state index < -0.39 is 21.5 Å². The van der Waals surface area contributed by atoms with Crippen LogP contribution in [0.1, 0.15) is 97.3 Å². The van der Waals surface area contributed by atoms with E-state index in [1.807, 2.05) is 4.31 Å². The molecule has 0 aromatic carbocycles. The smallest absolute Gasteiger partial charge is 0.215 e. The quantitative estimate of drug-likeness (QED) is 0.744. The zero-order valence-corrected chi connectivity index (χ0v) is 18.1. The lowest BCUT2D eigenvalue weighted by atomic mass is 9.70. The first-order valence-electron chi connectivity index (χ1n) is 11.5. The van der Waals surface area contributed by atoms with Crippen LogP contribution in [0.3, 0.4) is 0 Å². The van der Waals surface area contributed by atoms with Crippen LogP contribution in [0, 0.1) is 16.7 Å². The van der Waals surface area contributed by atoms with Gasteiger partial charge in [0.25, 0.3) is 0 Å². The first-order chi connectivity index (χ1) is 12.8. The number of hydrogen-bond donors (Lipinski definition) is 1. The minimum Gasteiger partial charge on any atom is -0.392 e. The molecule has 4 saturated carbocycles. The summed E-state index contributed by atoms with van der Waals surface area (Å²) in [6, 6.07) is 0.393. The molecule has 0 aromatic rings. The Kier molecular flexibility index (Phi) is 5.44. The molecule has 0 spiro atoms. The molecule has 0 aromatic heterocycles. The van der Waals surface area contributed by atoms with Crippen LogP contribution in [0.25, 0.3) is 0 Å². The molecule has 3 atom stereocenters. The fourth-order valence-corrected chi connectivity index (χ4v) is 10.0. The Bertz CT molecular complexity index is 616. The Morgan fingerprint density at radius 3 is 1.81 bits per heavy atom. The van der Waals surface area contributed by atoms with Gasteiger partial charge in [-0.3, -0.25) is 0 Å². The molecule has 1 unspecified atom stereocenters. The summed E-state index contributed by atoms with van der Waals surface area (Å²) in [5.41, 5.74) is -0.525. The van der Waals surface area contributed by atoms with Gasteiger partial charge < -0.3 is 5.11 Å². The van der Waals surface area contributed by atoms with Crippen molar-refractivity contribution < 1.29 is 13.5 Å². The van der Waals surface area contributed by atoms with E-state index in [0.717, 1.165) is 70.6 Å². The van der Waals surface area contributed by atoms with Gasteiger partial charge >= 0.3 is 0 Å². The topological polar surface area (TPSA) is 57.6 Å². The third-order valence-electron chi connectivity index (χ3n) is 9.02. The average molecular weight is 398 g/mol. The summed E-state index contributed by atoms with van der Waals surface area (Å²) in [7, 11) is -3.38. The second-order valence-electron chi connectivity index (χ2n) is 10.5. The lowest BCUT2D eigenvalue weighted by Crippen LogP contribution is -2.54. The monoisotopic (exact) mass is 397 g/mol. The molecule has 27 heavy (non-hydrogen) atoms. The number of sulfonamides is 1. The number of aliphatic hydroxyl groups is 1. The highest BCUT2D eigenvalue weighted by molar-refractivity contribution is 7.89. The van der Waals surface area contributed by atoms with Crippen molar-refractivity contribution in [3.05, 3.63) is 0 Å². The molecular weight excluding hydrogens is 358 g/mol. The molecule has 2 bridgehead atoms. The predicted octanol–water partition coefficient (Wildman–Crippen LogP) is 4.47. The van der Waals surface area contributed by atoms with Crippen molar-refractivity contribution in [2.45, 2.75) is 116 Å². The molecule has 5 heteroatoms. The lowest BCUT2D eigenvalue weighted by Gasteiger charge is -2.45. The van der Waals surface area contributed by atoms with Crippen LogP contribution in [-0.4, -0.2) is 41.8 Å². The van der Waals surface area contributed by atoms with Gasteiger partial charge in [-0.2, -0.15) is 4.31 Å². The zero-order valence-electron chi connectivity index (χ0n) is 17.3. The van der Waals surface area contributed by atoms with Crippen LogP contribution in [0.4, 0.5) is 0 Å². The maximum Gasteiger partial charge on any atom is 0.215 e. The number of fused-ring (bicyclic) bond motifs is 2. The van der Waals surface area contributed by atoms with E-state index in [9.17, 15) is 13.5 Å². The average Bonchev–Trinajstić information content (AvgIpc) is 2.97. The van der Waals surface area contributed by atoms with Gasteiger partial charge in [0.05, 0.1) is 11.9 Å². The summed E-state index contributed by atoms with van der Waals surface area (Å²) in [5.74, 6) is 0.637. The highest BCUT2D eigenvalue weighted by atomic mass is 32.2. The molecule has 0 radical (unpaired) electrons. The zero-order chi connectivity index (χ0) is 19.3. The minimum atomic E-state index is -3.38. The van der Waals surface area contributed by atoms with Crippen molar-refractivity contribution in [1.82, 2.24) is 4.31 Å². The fourth-order valence-electron chi connectivity index (χ4n) is 7.20.